The SMILES string of the molecule is COc1ccc(-c2nc3c(C(=O)NC(CC(=O)O)c4cccc(C)c4)cccn3c2NCc2ccccc2)cc1. The van der Waals surface area contributed by atoms with E-state index in [1.807, 2.05) is 96.4 Å². The van der Waals surface area contributed by atoms with Crippen LogP contribution in [0.15, 0.2) is 97.2 Å². The van der Waals surface area contributed by atoms with Crippen LogP contribution < -0.4 is 15.4 Å². The number of rotatable bonds is 10. The molecule has 5 rings (SSSR count). The van der Waals surface area contributed by atoms with Gasteiger partial charge in [-0.25, -0.2) is 4.98 Å². The molecule has 3 N–H and O–H groups in total. The van der Waals surface area contributed by atoms with Gasteiger partial charge in [0.05, 0.1) is 25.1 Å². The lowest BCUT2D eigenvalue weighted by atomic mass is 10.0. The Morgan fingerprint density at radius 2 is 1.75 bits per heavy atom. The Morgan fingerprint density at radius 3 is 2.45 bits per heavy atom. The van der Waals surface area contributed by atoms with Crippen molar-refractivity contribution < 1.29 is 19.4 Å². The number of pyridine rings is 1. The highest BCUT2D eigenvalue weighted by atomic mass is 16.5. The van der Waals surface area contributed by atoms with Gasteiger partial charge in [-0.1, -0.05) is 60.2 Å². The van der Waals surface area contributed by atoms with Gasteiger partial charge in [-0.3, -0.25) is 14.0 Å². The fraction of sp³-hybridized carbons (Fsp3) is 0.156. The first kappa shape index (κ1) is 26.5. The fourth-order valence-electron chi connectivity index (χ4n) is 4.70. The maximum absolute atomic E-state index is 13.6. The Labute approximate surface area is 232 Å². The third kappa shape index (κ3) is 5.81. The predicted octanol–water partition coefficient (Wildman–Crippen LogP) is 5.88. The second-order valence-electron chi connectivity index (χ2n) is 9.53. The molecule has 0 radical (unpaired) electrons. The van der Waals surface area contributed by atoms with Crippen molar-refractivity contribution in [2.45, 2.75) is 25.9 Å². The number of carbonyl (C=O) groups excluding carboxylic acids is 1. The molecule has 2 aromatic heterocycles. The number of benzene rings is 3. The average Bonchev–Trinajstić information content (AvgIpc) is 3.34. The Balaban J connectivity index is 1.55. The van der Waals surface area contributed by atoms with Crippen LogP contribution in [-0.4, -0.2) is 33.5 Å². The number of fused-ring (bicyclic) bond motifs is 1. The molecule has 2 heterocycles. The molecule has 0 aliphatic heterocycles. The molecule has 0 aliphatic carbocycles. The lowest BCUT2D eigenvalue weighted by Gasteiger charge is -2.18. The van der Waals surface area contributed by atoms with Crippen LogP contribution in [0.4, 0.5) is 5.82 Å². The molecule has 40 heavy (non-hydrogen) atoms. The van der Waals surface area contributed by atoms with Crippen molar-refractivity contribution in [3.05, 3.63) is 119 Å². The van der Waals surface area contributed by atoms with Crippen LogP contribution in [0, 0.1) is 6.92 Å². The molecule has 8 heteroatoms. The number of amides is 1. The highest BCUT2D eigenvalue weighted by Gasteiger charge is 2.23. The molecule has 0 bridgehead atoms. The number of nitrogens with one attached hydrogen (secondary N) is 2. The molecule has 0 saturated carbocycles. The van der Waals surface area contributed by atoms with E-state index < -0.39 is 17.9 Å². The zero-order valence-electron chi connectivity index (χ0n) is 22.3. The van der Waals surface area contributed by atoms with Crippen molar-refractivity contribution >= 4 is 23.3 Å². The molecule has 202 valence electrons. The van der Waals surface area contributed by atoms with Crippen LogP contribution >= 0.6 is 0 Å². The largest absolute Gasteiger partial charge is 0.497 e. The van der Waals surface area contributed by atoms with Crippen molar-refractivity contribution in [3.8, 4) is 17.0 Å². The summed E-state index contributed by atoms with van der Waals surface area (Å²) in [6.07, 6.45) is 1.61. The van der Waals surface area contributed by atoms with Gasteiger partial charge in [-0.15, -0.1) is 0 Å². The minimum atomic E-state index is -1.000. The number of nitrogens with zero attached hydrogens (tertiary/aromatic N) is 2. The first-order chi connectivity index (χ1) is 19.4. The van der Waals surface area contributed by atoms with Gasteiger partial charge in [0, 0.05) is 18.3 Å². The number of anilines is 1. The summed E-state index contributed by atoms with van der Waals surface area (Å²) in [7, 11) is 1.62. The Kier molecular flexibility index (Phi) is 7.77. The second-order valence-corrected chi connectivity index (χ2v) is 9.53. The molecule has 1 unspecified atom stereocenters. The van der Waals surface area contributed by atoms with Crippen LogP contribution in [0.2, 0.25) is 0 Å². The minimum Gasteiger partial charge on any atom is -0.497 e. The van der Waals surface area contributed by atoms with E-state index in [1.165, 1.54) is 0 Å². The summed E-state index contributed by atoms with van der Waals surface area (Å²) >= 11 is 0. The van der Waals surface area contributed by atoms with Crippen LogP contribution in [0.5, 0.6) is 5.75 Å². The number of imidazole rings is 1. The molecule has 1 amide bonds. The first-order valence-electron chi connectivity index (χ1n) is 13.0. The maximum atomic E-state index is 13.6. The van der Waals surface area contributed by atoms with Gasteiger partial charge >= 0.3 is 5.97 Å². The monoisotopic (exact) mass is 534 g/mol. The molecular formula is C32H30N4O4. The van der Waals surface area contributed by atoms with E-state index in [0.29, 0.717) is 23.4 Å². The van der Waals surface area contributed by atoms with Crippen molar-refractivity contribution in [2.75, 3.05) is 12.4 Å². The summed E-state index contributed by atoms with van der Waals surface area (Å²) in [5, 5.41) is 16.0. The summed E-state index contributed by atoms with van der Waals surface area (Å²) in [6.45, 7) is 2.49. The Bertz CT molecular complexity index is 1650. The average molecular weight is 535 g/mol. The highest BCUT2D eigenvalue weighted by molar-refractivity contribution is 6.01. The van der Waals surface area contributed by atoms with Gasteiger partial charge < -0.3 is 20.5 Å². The predicted molar refractivity (Wildman–Crippen MR) is 155 cm³/mol. The molecule has 0 aliphatic rings. The minimum absolute atomic E-state index is 0.242. The van der Waals surface area contributed by atoms with Crippen LogP contribution in [0.3, 0.4) is 0 Å². The van der Waals surface area contributed by atoms with Crippen molar-refractivity contribution in [2.24, 2.45) is 0 Å². The molecule has 0 fully saturated rings. The van der Waals surface area contributed by atoms with Gasteiger partial charge in [-0.2, -0.15) is 0 Å². The number of aliphatic carboxylic acids is 1. The normalized spacial score (nSPS) is 11.7. The van der Waals surface area contributed by atoms with Crippen molar-refractivity contribution in [3.63, 3.8) is 0 Å². The maximum Gasteiger partial charge on any atom is 0.305 e. The van der Waals surface area contributed by atoms with Gasteiger partial charge in [0.15, 0.2) is 5.65 Å². The van der Waals surface area contributed by atoms with Crippen LogP contribution in [0.1, 0.15) is 39.5 Å². The van der Waals surface area contributed by atoms with E-state index in [2.05, 4.69) is 10.6 Å². The van der Waals surface area contributed by atoms with Crippen molar-refractivity contribution in [1.29, 1.82) is 0 Å². The summed E-state index contributed by atoms with van der Waals surface area (Å²) in [6, 6.07) is 27.9. The topological polar surface area (TPSA) is 105 Å². The zero-order valence-corrected chi connectivity index (χ0v) is 22.3. The van der Waals surface area contributed by atoms with Gasteiger partial charge in [-0.05, 0) is 54.4 Å². The molecule has 1 atom stereocenters. The number of hydrogen-bond acceptors (Lipinski definition) is 5. The van der Waals surface area contributed by atoms with E-state index in [4.69, 9.17) is 9.72 Å². The number of aromatic nitrogens is 2. The molecule has 8 nitrogen and oxygen atoms in total. The lowest BCUT2D eigenvalue weighted by Crippen LogP contribution is -2.30. The molecular weight excluding hydrogens is 504 g/mol. The Hall–Kier alpha value is -5.11. The number of methoxy groups -OCH3 is 1. The zero-order chi connectivity index (χ0) is 28.1. The lowest BCUT2D eigenvalue weighted by molar-refractivity contribution is -0.137. The third-order valence-electron chi connectivity index (χ3n) is 6.69. The molecule has 3 aromatic carbocycles. The summed E-state index contributed by atoms with van der Waals surface area (Å²) in [5.74, 6) is 0.0608. The fourth-order valence-corrected chi connectivity index (χ4v) is 4.70. The molecule has 5 aromatic rings. The number of aryl methyl sites for hydroxylation is 1. The number of carboxylic acids is 1. The van der Waals surface area contributed by atoms with Gasteiger partial charge in [0.2, 0.25) is 0 Å². The summed E-state index contributed by atoms with van der Waals surface area (Å²) in [4.78, 5) is 30.2. The third-order valence-corrected chi connectivity index (χ3v) is 6.69. The van der Waals surface area contributed by atoms with Crippen LogP contribution in [0.25, 0.3) is 16.9 Å². The van der Waals surface area contributed by atoms with E-state index in [9.17, 15) is 14.7 Å². The van der Waals surface area contributed by atoms with E-state index >= 15 is 0 Å². The summed E-state index contributed by atoms with van der Waals surface area (Å²) in [5.41, 5.74) is 5.15. The first-order valence-corrected chi connectivity index (χ1v) is 13.0. The Morgan fingerprint density at radius 1 is 0.975 bits per heavy atom. The number of carbonyl (C=O) groups is 2. The van der Waals surface area contributed by atoms with E-state index in [-0.39, 0.29) is 6.42 Å². The van der Waals surface area contributed by atoms with E-state index in [1.54, 1.807) is 19.2 Å². The summed E-state index contributed by atoms with van der Waals surface area (Å²) < 4.78 is 7.18. The standard InChI is InChI=1S/C32H30N4O4/c1-21-8-6-11-24(18-21)27(19-28(37)38)34-32(39)26-12-7-17-36-30(26)35-29(23-13-15-25(40-2)16-14-23)31(36)33-20-22-9-4-3-5-10-22/h3-18,27,33H,19-20H2,1-2H3,(H,34,39)(H,37,38). The van der Waals surface area contributed by atoms with Gasteiger partial charge in [0.1, 0.15) is 17.3 Å². The second kappa shape index (κ2) is 11.7. The number of carboxylic acid groups (broad SMARTS) is 1. The smallest absolute Gasteiger partial charge is 0.305 e. The highest BCUT2D eigenvalue weighted by Crippen LogP contribution is 2.32. The van der Waals surface area contributed by atoms with Crippen LogP contribution in [-0.2, 0) is 11.3 Å². The quantitative estimate of drug-likeness (QED) is 0.207. The number of ether oxygens (including phenoxy) is 1. The van der Waals surface area contributed by atoms with Crippen molar-refractivity contribution in [1.82, 2.24) is 14.7 Å². The molecule has 0 spiro atoms. The van der Waals surface area contributed by atoms with Gasteiger partial charge in [0.25, 0.3) is 5.91 Å². The van der Waals surface area contributed by atoms with E-state index in [0.717, 1.165) is 33.8 Å². The number of hydrogen-bond donors (Lipinski definition) is 3. The molecule has 0 saturated heterocycles.